The van der Waals surface area contributed by atoms with Crippen LogP contribution in [-0.4, -0.2) is 72.6 Å². The molecule has 2 aliphatic heterocycles. The topological polar surface area (TPSA) is 160 Å². The molecule has 2 aliphatic rings. The predicted molar refractivity (Wildman–Crippen MR) is 82.4 cm³/mol. The summed E-state index contributed by atoms with van der Waals surface area (Å²) in [7, 11) is 0. The Morgan fingerprint density at radius 1 is 1.46 bits per heavy atom. The Balaban J connectivity index is 1.67. The maximum atomic E-state index is 11.8. The van der Waals surface area contributed by atoms with Crippen molar-refractivity contribution in [1.82, 2.24) is 15.1 Å². The van der Waals surface area contributed by atoms with Gasteiger partial charge in [-0.05, 0) is 0 Å². The fourth-order valence-electron chi connectivity index (χ4n) is 2.50. The molecule has 0 bridgehead atoms. The van der Waals surface area contributed by atoms with Crippen LogP contribution in [0.1, 0.15) is 5.89 Å². The highest BCUT2D eigenvalue weighted by molar-refractivity contribution is 8.00. The predicted octanol–water partition coefficient (Wildman–Crippen LogP) is -0.898. The van der Waals surface area contributed by atoms with Gasteiger partial charge in [0.15, 0.2) is 0 Å². The van der Waals surface area contributed by atoms with Crippen molar-refractivity contribution in [3.8, 4) is 0 Å². The van der Waals surface area contributed by atoms with Gasteiger partial charge in [0.1, 0.15) is 23.3 Å². The molecule has 0 spiro atoms. The normalized spacial score (nSPS) is 29.0. The Morgan fingerprint density at radius 2 is 2.21 bits per heavy atom. The number of hydrogen-bond acceptors (Lipinski definition) is 9. The average Bonchev–Trinajstić information content (AvgIpc) is 2.98. The molecule has 2 fully saturated rings. The number of nitrogens with zero attached hydrogens (tertiary/aromatic N) is 3. The first-order valence-corrected chi connectivity index (χ1v) is 8.94. The summed E-state index contributed by atoms with van der Waals surface area (Å²) in [6.07, 6.45) is -0.394. The van der Waals surface area contributed by atoms with Crippen molar-refractivity contribution in [2.45, 2.75) is 23.1 Å². The molecule has 3 atom stereocenters. The van der Waals surface area contributed by atoms with Crippen molar-refractivity contribution >= 4 is 41.4 Å². The smallest absolute Gasteiger partial charge is 0.313 e. The molecule has 0 radical (unpaired) electrons. The largest absolute Gasteiger partial charge is 0.481 e. The third-order valence-electron chi connectivity index (χ3n) is 3.86. The van der Waals surface area contributed by atoms with Gasteiger partial charge in [0.25, 0.3) is 5.22 Å². The average molecular weight is 374 g/mol. The van der Waals surface area contributed by atoms with Crippen LogP contribution < -0.4 is 5.73 Å². The molecule has 0 aliphatic carbocycles. The van der Waals surface area contributed by atoms with Crippen LogP contribution in [0.15, 0.2) is 9.64 Å². The summed E-state index contributed by atoms with van der Waals surface area (Å²) in [5.41, 5.74) is 4.55. The minimum atomic E-state index is -1.15. The first-order valence-electron chi connectivity index (χ1n) is 6.90. The molecular formula is C12H14N4O6S2. The molecule has 3 heterocycles. The fourth-order valence-corrected chi connectivity index (χ4v) is 5.09. The van der Waals surface area contributed by atoms with Crippen molar-refractivity contribution in [1.29, 1.82) is 0 Å². The first-order chi connectivity index (χ1) is 11.3. The van der Waals surface area contributed by atoms with E-state index in [1.165, 1.54) is 16.7 Å². The standard InChI is InChI=1S/C12H14N4O6S2/c13-7-8(19)16-2-12(10(20)21,3-23-9(7)16)4-24-11-15-14-5(22-11)1-6(17)18/h7,9H,1-4,13H2,(H,17,18)(H,20,21)/t7?,9-,12?/m1/s1. The van der Waals surface area contributed by atoms with E-state index in [2.05, 4.69) is 10.2 Å². The summed E-state index contributed by atoms with van der Waals surface area (Å²) in [4.78, 5) is 35.6. The van der Waals surface area contributed by atoms with Crippen LogP contribution in [-0.2, 0) is 20.8 Å². The zero-order chi connectivity index (χ0) is 17.5. The zero-order valence-corrected chi connectivity index (χ0v) is 13.9. The quantitative estimate of drug-likeness (QED) is 0.418. The Bertz CT molecular complexity index is 697. The molecule has 1 aromatic heterocycles. The van der Waals surface area contributed by atoms with E-state index < -0.39 is 29.8 Å². The second kappa shape index (κ2) is 6.26. The van der Waals surface area contributed by atoms with Crippen LogP contribution >= 0.6 is 23.5 Å². The van der Waals surface area contributed by atoms with Crippen LogP contribution in [0.2, 0.25) is 0 Å². The molecule has 0 saturated carbocycles. The van der Waals surface area contributed by atoms with Gasteiger partial charge in [-0.15, -0.1) is 22.0 Å². The lowest BCUT2D eigenvalue weighted by molar-refractivity contribution is -0.155. The number of carboxylic acids is 2. The summed E-state index contributed by atoms with van der Waals surface area (Å²) in [6, 6.07) is -0.566. The molecule has 1 amide bonds. The lowest BCUT2D eigenvalue weighted by Crippen LogP contribution is -2.72. The SMILES string of the molecule is NC1C(=O)N2CC(CSc3nnc(CC(=O)O)o3)(C(=O)O)CS[C@H]12. The number of amides is 1. The Hall–Kier alpha value is -1.79. The lowest BCUT2D eigenvalue weighted by atomic mass is 9.89. The van der Waals surface area contributed by atoms with Gasteiger partial charge < -0.3 is 25.3 Å². The molecular weight excluding hydrogens is 360 g/mol. The number of aromatic nitrogens is 2. The number of fused-ring (bicyclic) bond motifs is 1. The number of β-lactam (4-membered cyclic amide) rings is 1. The number of thioether (sulfide) groups is 2. The third-order valence-corrected chi connectivity index (χ3v) is 6.58. The van der Waals surface area contributed by atoms with E-state index in [1.807, 2.05) is 0 Å². The summed E-state index contributed by atoms with van der Waals surface area (Å²) >= 11 is 2.39. The molecule has 12 heteroatoms. The van der Waals surface area contributed by atoms with Gasteiger partial charge in [-0.2, -0.15) is 0 Å². The molecule has 130 valence electrons. The fraction of sp³-hybridized carbons (Fsp3) is 0.583. The highest BCUT2D eigenvalue weighted by Crippen LogP contribution is 2.43. The van der Waals surface area contributed by atoms with Crippen LogP contribution in [0, 0.1) is 5.41 Å². The zero-order valence-electron chi connectivity index (χ0n) is 12.2. The van der Waals surface area contributed by atoms with Gasteiger partial charge in [0.05, 0.1) is 0 Å². The molecule has 1 aromatic rings. The monoisotopic (exact) mass is 374 g/mol. The molecule has 4 N–H and O–H groups in total. The molecule has 2 saturated heterocycles. The van der Waals surface area contributed by atoms with E-state index in [1.54, 1.807) is 0 Å². The van der Waals surface area contributed by atoms with Gasteiger partial charge in [-0.3, -0.25) is 14.4 Å². The molecule has 3 rings (SSSR count). The van der Waals surface area contributed by atoms with E-state index in [0.717, 1.165) is 11.8 Å². The van der Waals surface area contributed by atoms with Crippen molar-refractivity contribution in [2.75, 3.05) is 18.1 Å². The number of hydrogen-bond donors (Lipinski definition) is 3. The second-order valence-electron chi connectivity index (χ2n) is 5.60. The number of carbonyl (C=O) groups is 3. The van der Waals surface area contributed by atoms with E-state index in [9.17, 15) is 19.5 Å². The van der Waals surface area contributed by atoms with Crippen LogP contribution in [0.5, 0.6) is 0 Å². The van der Waals surface area contributed by atoms with Crippen LogP contribution in [0.25, 0.3) is 0 Å². The molecule has 2 unspecified atom stereocenters. The van der Waals surface area contributed by atoms with Crippen LogP contribution in [0.3, 0.4) is 0 Å². The van der Waals surface area contributed by atoms with Gasteiger partial charge in [-0.1, -0.05) is 11.8 Å². The van der Waals surface area contributed by atoms with Crippen molar-refractivity contribution in [3.05, 3.63) is 5.89 Å². The van der Waals surface area contributed by atoms with Gasteiger partial charge in [0.2, 0.25) is 11.8 Å². The first kappa shape index (κ1) is 17.0. The number of carbonyl (C=O) groups excluding carboxylic acids is 1. The molecule has 10 nitrogen and oxygen atoms in total. The lowest BCUT2D eigenvalue weighted by Gasteiger charge is -2.52. The highest BCUT2D eigenvalue weighted by Gasteiger charge is 2.55. The number of nitrogens with two attached hydrogens (primary N) is 1. The van der Waals surface area contributed by atoms with E-state index >= 15 is 0 Å². The number of aliphatic carboxylic acids is 2. The Morgan fingerprint density at radius 3 is 2.88 bits per heavy atom. The summed E-state index contributed by atoms with van der Waals surface area (Å²) in [5, 5.41) is 25.5. The Labute approximate surface area is 144 Å². The van der Waals surface area contributed by atoms with E-state index in [-0.39, 0.29) is 34.7 Å². The highest BCUT2D eigenvalue weighted by atomic mass is 32.2. The second-order valence-corrected chi connectivity index (χ2v) is 7.63. The minimum Gasteiger partial charge on any atom is -0.481 e. The van der Waals surface area contributed by atoms with E-state index in [4.69, 9.17) is 15.3 Å². The summed E-state index contributed by atoms with van der Waals surface area (Å²) < 4.78 is 5.17. The van der Waals surface area contributed by atoms with Gasteiger partial charge in [-0.25, -0.2) is 0 Å². The maximum Gasteiger partial charge on any atom is 0.313 e. The van der Waals surface area contributed by atoms with E-state index in [0.29, 0.717) is 5.75 Å². The van der Waals surface area contributed by atoms with Crippen molar-refractivity contribution in [2.24, 2.45) is 11.1 Å². The van der Waals surface area contributed by atoms with Crippen molar-refractivity contribution in [3.63, 3.8) is 0 Å². The molecule has 24 heavy (non-hydrogen) atoms. The summed E-state index contributed by atoms with van der Waals surface area (Å²) in [5.74, 6) is -1.97. The Kier molecular flexibility index (Phi) is 4.44. The van der Waals surface area contributed by atoms with Crippen molar-refractivity contribution < 1.29 is 29.0 Å². The van der Waals surface area contributed by atoms with Crippen LogP contribution in [0.4, 0.5) is 0 Å². The molecule has 0 aromatic carbocycles. The minimum absolute atomic E-state index is 0.0450. The summed E-state index contributed by atoms with van der Waals surface area (Å²) in [6.45, 7) is 0.0790. The van der Waals surface area contributed by atoms with Gasteiger partial charge >= 0.3 is 11.9 Å². The third kappa shape index (κ3) is 2.96. The number of carboxylic acid groups (broad SMARTS) is 2. The maximum absolute atomic E-state index is 11.8. The van der Waals surface area contributed by atoms with Gasteiger partial charge in [0, 0.05) is 18.1 Å². The number of rotatable bonds is 6.